The molecule has 0 N–H and O–H groups in total. The number of methoxy groups -OCH3 is 1. The molecule has 0 aliphatic carbocycles. The van der Waals surface area contributed by atoms with E-state index in [1.165, 1.54) is 18.9 Å². The second kappa shape index (κ2) is 7.06. The van der Waals surface area contributed by atoms with Crippen LogP contribution in [0.5, 0.6) is 0 Å². The summed E-state index contributed by atoms with van der Waals surface area (Å²) in [6.45, 7) is 2.05. The van der Waals surface area contributed by atoms with E-state index in [-0.39, 0.29) is 12.4 Å². The summed E-state index contributed by atoms with van der Waals surface area (Å²) in [7, 11) is 1.32. The maximum Gasteiger partial charge on any atom is 0.338 e. The first-order chi connectivity index (χ1) is 8.62. The van der Waals surface area contributed by atoms with E-state index >= 15 is 0 Å². The van der Waals surface area contributed by atoms with Gasteiger partial charge in [0, 0.05) is 4.90 Å². The van der Waals surface area contributed by atoms with Crippen LogP contribution in [0.2, 0.25) is 0 Å². The van der Waals surface area contributed by atoms with Crippen molar-refractivity contribution in [3.8, 4) is 0 Å². The number of ether oxygens (including phenoxy) is 2. The van der Waals surface area contributed by atoms with Crippen LogP contribution in [0.1, 0.15) is 22.8 Å². The summed E-state index contributed by atoms with van der Waals surface area (Å²) < 4.78 is 9.59. The molecule has 0 aromatic heterocycles. The molecule has 98 valence electrons. The number of thioether (sulfide) groups is 1. The van der Waals surface area contributed by atoms with Gasteiger partial charge in [-0.1, -0.05) is 6.07 Å². The molecule has 0 heterocycles. The first-order valence-electron chi connectivity index (χ1n) is 5.53. The number of carbonyl (C=O) groups is 2. The van der Waals surface area contributed by atoms with Crippen LogP contribution < -0.4 is 0 Å². The zero-order valence-corrected chi connectivity index (χ0v) is 11.5. The van der Waals surface area contributed by atoms with Crippen LogP contribution in [-0.2, 0) is 20.7 Å². The Labute approximate surface area is 111 Å². The van der Waals surface area contributed by atoms with Gasteiger partial charge in [-0.05, 0) is 30.9 Å². The predicted molar refractivity (Wildman–Crippen MR) is 69.9 cm³/mol. The molecular weight excluding hydrogens is 252 g/mol. The van der Waals surface area contributed by atoms with Crippen LogP contribution in [0.3, 0.4) is 0 Å². The van der Waals surface area contributed by atoms with E-state index < -0.39 is 5.97 Å². The lowest BCUT2D eigenvalue weighted by atomic mass is 10.0. The molecule has 0 fully saturated rings. The van der Waals surface area contributed by atoms with E-state index in [4.69, 9.17) is 4.74 Å². The average molecular weight is 268 g/mol. The van der Waals surface area contributed by atoms with Crippen LogP contribution >= 0.6 is 11.8 Å². The topological polar surface area (TPSA) is 52.6 Å². The van der Waals surface area contributed by atoms with Gasteiger partial charge in [-0.2, -0.15) is 0 Å². The fourth-order valence-corrected chi connectivity index (χ4v) is 1.90. The number of rotatable bonds is 5. The third kappa shape index (κ3) is 3.77. The van der Waals surface area contributed by atoms with Crippen molar-refractivity contribution in [3.05, 3.63) is 29.3 Å². The van der Waals surface area contributed by atoms with Crippen molar-refractivity contribution in [2.45, 2.75) is 18.2 Å². The van der Waals surface area contributed by atoms with Crippen molar-refractivity contribution in [2.75, 3.05) is 20.0 Å². The summed E-state index contributed by atoms with van der Waals surface area (Å²) in [6.07, 6.45) is 1.99. The van der Waals surface area contributed by atoms with E-state index in [2.05, 4.69) is 4.74 Å². The van der Waals surface area contributed by atoms with Gasteiger partial charge in [0.05, 0.1) is 25.7 Å². The highest BCUT2D eigenvalue weighted by Gasteiger charge is 2.16. The van der Waals surface area contributed by atoms with Gasteiger partial charge >= 0.3 is 11.9 Å². The van der Waals surface area contributed by atoms with E-state index in [1.54, 1.807) is 19.1 Å². The summed E-state index contributed by atoms with van der Waals surface area (Å²) in [5.41, 5.74) is 1.05. The SMILES string of the molecule is CCOC(=O)c1cc(SC)ccc1CC(=O)OC. The van der Waals surface area contributed by atoms with Crippen LogP contribution in [0.15, 0.2) is 23.1 Å². The first-order valence-corrected chi connectivity index (χ1v) is 6.75. The Kier molecular flexibility index (Phi) is 5.71. The Morgan fingerprint density at radius 2 is 2.06 bits per heavy atom. The van der Waals surface area contributed by atoms with Crippen molar-refractivity contribution >= 4 is 23.7 Å². The fraction of sp³-hybridized carbons (Fsp3) is 0.385. The maximum atomic E-state index is 11.8. The average Bonchev–Trinajstić information content (AvgIpc) is 2.39. The van der Waals surface area contributed by atoms with Crippen molar-refractivity contribution in [1.82, 2.24) is 0 Å². The highest BCUT2D eigenvalue weighted by molar-refractivity contribution is 7.98. The van der Waals surface area contributed by atoms with Crippen molar-refractivity contribution in [3.63, 3.8) is 0 Å². The maximum absolute atomic E-state index is 11.8. The van der Waals surface area contributed by atoms with Gasteiger partial charge in [-0.3, -0.25) is 4.79 Å². The van der Waals surface area contributed by atoms with E-state index in [1.807, 2.05) is 12.3 Å². The van der Waals surface area contributed by atoms with Crippen LogP contribution in [-0.4, -0.2) is 31.9 Å². The number of benzene rings is 1. The lowest BCUT2D eigenvalue weighted by molar-refractivity contribution is -0.139. The van der Waals surface area contributed by atoms with Gasteiger partial charge in [-0.15, -0.1) is 11.8 Å². The van der Waals surface area contributed by atoms with E-state index in [9.17, 15) is 9.59 Å². The molecule has 0 radical (unpaired) electrons. The molecule has 0 unspecified atom stereocenters. The first kappa shape index (κ1) is 14.6. The van der Waals surface area contributed by atoms with Gasteiger partial charge in [0.2, 0.25) is 0 Å². The smallest absolute Gasteiger partial charge is 0.338 e. The number of esters is 2. The minimum atomic E-state index is -0.410. The normalized spacial score (nSPS) is 9.94. The molecule has 1 aromatic carbocycles. The van der Waals surface area contributed by atoms with Gasteiger partial charge in [0.15, 0.2) is 0 Å². The molecule has 0 saturated carbocycles. The van der Waals surface area contributed by atoms with Gasteiger partial charge in [0.1, 0.15) is 0 Å². The van der Waals surface area contributed by atoms with Crippen LogP contribution in [0.4, 0.5) is 0 Å². The molecule has 18 heavy (non-hydrogen) atoms. The highest BCUT2D eigenvalue weighted by Crippen LogP contribution is 2.21. The van der Waals surface area contributed by atoms with Gasteiger partial charge in [-0.25, -0.2) is 4.79 Å². The Hall–Kier alpha value is -1.49. The lowest BCUT2D eigenvalue weighted by Gasteiger charge is -2.09. The quantitative estimate of drug-likeness (QED) is 0.606. The van der Waals surface area contributed by atoms with Crippen molar-refractivity contribution in [2.24, 2.45) is 0 Å². The summed E-state index contributed by atoms with van der Waals surface area (Å²) in [5.74, 6) is -0.787. The van der Waals surface area contributed by atoms with Gasteiger partial charge in [0.25, 0.3) is 0 Å². The molecule has 0 aliphatic rings. The lowest BCUT2D eigenvalue weighted by Crippen LogP contribution is -2.12. The molecule has 1 rings (SSSR count). The van der Waals surface area contributed by atoms with Crippen LogP contribution in [0.25, 0.3) is 0 Å². The molecular formula is C13H16O4S. The molecule has 0 spiro atoms. The summed E-state index contributed by atoms with van der Waals surface area (Å²) >= 11 is 1.53. The van der Waals surface area contributed by atoms with Crippen molar-refractivity contribution in [1.29, 1.82) is 0 Å². The Bertz CT molecular complexity index is 443. The molecule has 1 aromatic rings. The zero-order valence-electron chi connectivity index (χ0n) is 10.7. The summed E-state index contributed by atoms with van der Waals surface area (Å²) in [5, 5.41) is 0. The van der Waals surface area contributed by atoms with Crippen LogP contribution in [0, 0.1) is 0 Å². The van der Waals surface area contributed by atoms with E-state index in [0.29, 0.717) is 17.7 Å². The number of carbonyl (C=O) groups excluding carboxylic acids is 2. The molecule has 0 amide bonds. The third-order valence-corrected chi connectivity index (χ3v) is 3.10. The Morgan fingerprint density at radius 3 is 2.61 bits per heavy atom. The van der Waals surface area contributed by atoms with Crippen molar-refractivity contribution < 1.29 is 19.1 Å². The largest absolute Gasteiger partial charge is 0.469 e. The molecule has 0 bridgehead atoms. The predicted octanol–water partition coefficient (Wildman–Crippen LogP) is 2.30. The molecule has 0 atom stereocenters. The second-order valence-corrected chi connectivity index (χ2v) is 4.38. The van der Waals surface area contributed by atoms with Gasteiger partial charge < -0.3 is 9.47 Å². The molecule has 0 aliphatic heterocycles. The fourth-order valence-electron chi connectivity index (χ4n) is 1.46. The minimum absolute atomic E-state index is 0.0688. The number of hydrogen-bond donors (Lipinski definition) is 0. The molecule has 0 saturated heterocycles. The zero-order chi connectivity index (χ0) is 13.5. The number of hydrogen-bond acceptors (Lipinski definition) is 5. The second-order valence-electron chi connectivity index (χ2n) is 3.50. The molecule has 4 nitrogen and oxygen atoms in total. The Morgan fingerprint density at radius 1 is 1.33 bits per heavy atom. The third-order valence-electron chi connectivity index (χ3n) is 2.37. The standard InChI is InChI=1S/C13H16O4S/c1-4-17-13(15)11-8-10(18-3)6-5-9(11)7-12(14)16-2/h5-6,8H,4,7H2,1-3H3. The molecule has 5 heteroatoms. The summed E-state index contributed by atoms with van der Waals surface area (Å²) in [4.78, 5) is 24.1. The highest BCUT2D eigenvalue weighted by atomic mass is 32.2. The monoisotopic (exact) mass is 268 g/mol. The van der Waals surface area contributed by atoms with E-state index in [0.717, 1.165) is 4.90 Å². The minimum Gasteiger partial charge on any atom is -0.469 e. The summed E-state index contributed by atoms with van der Waals surface area (Å²) in [6, 6.07) is 5.36. The Balaban J connectivity index is 3.07.